The lowest BCUT2D eigenvalue weighted by Gasteiger charge is -2.29. The van der Waals surface area contributed by atoms with Crippen LogP contribution in [-0.2, 0) is 0 Å². The van der Waals surface area contributed by atoms with E-state index in [1.165, 1.54) is 0 Å². The van der Waals surface area contributed by atoms with Crippen LogP contribution >= 0.6 is 11.6 Å². The van der Waals surface area contributed by atoms with E-state index in [9.17, 15) is 4.79 Å². The first-order valence-corrected chi connectivity index (χ1v) is 6.54. The number of nitrogens with zero attached hydrogens (tertiary/aromatic N) is 1. The lowest BCUT2D eigenvalue weighted by molar-refractivity contribution is 0.112. The van der Waals surface area contributed by atoms with Gasteiger partial charge < -0.3 is 4.90 Å². The average molecular weight is 274 g/mol. The SMILES string of the molecule is CC(c1ccccc1Cl)N(C)c1ccccc1C=O. The highest BCUT2D eigenvalue weighted by Crippen LogP contribution is 2.31. The van der Waals surface area contributed by atoms with Gasteiger partial charge in [0.1, 0.15) is 0 Å². The van der Waals surface area contributed by atoms with E-state index in [0.29, 0.717) is 5.56 Å². The Morgan fingerprint density at radius 2 is 1.74 bits per heavy atom. The quantitative estimate of drug-likeness (QED) is 0.772. The van der Waals surface area contributed by atoms with E-state index in [1.807, 2.05) is 55.6 Å². The van der Waals surface area contributed by atoms with Crippen molar-refractivity contribution in [1.82, 2.24) is 0 Å². The van der Waals surface area contributed by atoms with Crippen LogP contribution in [0, 0.1) is 0 Å². The summed E-state index contributed by atoms with van der Waals surface area (Å²) in [6.45, 7) is 2.07. The summed E-state index contributed by atoms with van der Waals surface area (Å²) in [5.74, 6) is 0. The number of hydrogen-bond acceptors (Lipinski definition) is 2. The molecule has 0 saturated heterocycles. The number of halogens is 1. The van der Waals surface area contributed by atoms with Gasteiger partial charge in [-0.1, -0.05) is 41.9 Å². The fourth-order valence-corrected chi connectivity index (χ4v) is 2.43. The van der Waals surface area contributed by atoms with Crippen LogP contribution in [0.1, 0.15) is 28.9 Å². The van der Waals surface area contributed by atoms with Crippen molar-refractivity contribution in [3.8, 4) is 0 Å². The molecule has 0 aliphatic rings. The summed E-state index contributed by atoms with van der Waals surface area (Å²) in [7, 11) is 1.97. The van der Waals surface area contributed by atoms with Gasteiger partial charge >= 0.3 is 0 Å². The molecule has 2 aromatic rings. The van der Waals surface area contributed by atoms with Crippen LogP contribution in [-0.4, -0.2) is 13.3 Å². The molecule has 0 spiro atoms. The van der Waals surface area contributed by atoms with Gasteiger partial charge in [0.15, 0.2) is 6.29 Å². The van der Waals surface area contributed by atoms with Gasteiger partial charge in [0.05, 0.1) is 6.04 Å². The summed E-state index contributed by atoms with van der Waals surface area (Å²) in [6.07, 6.45) is 0.880. The first-order chi connectivity index (χ1) is 9.15. The van der Waals surface area contributed by atoms with Gasteiger partial charge in [-0.3, -0.25) is 4.79 Å². The molecular weight excluding hydrogens is 258 g/mol. The maximum Gasteiger partial charge on any atom is 0.152 e. The number of carbonyl (C=O) groups excluding carboxylic acids is 1. The molecule has 3 heteroatoms. The lowest BCUT2D eigenvalue weighted by Crippen LogP contribution is -2.23. The second-order valence-corrected chi connectivity index (χ2v) is 4.89. The third-order valence-corrected chi connectivity index (χ3v) is 3.72. The molecule has 0 heterocycles. The van der Waals surface area contributed by atoms with Gasteiger partial charge in [-0.15, -0.1) is 0 Å². The molecular formula is C16H16ClNO. The molecule has 0 saturated carbocycles. The van der Waals surface area contributed by atoms with Crippen LogP contribution in [0.5, 0.6) is 0 Å². The van der Waals surface area contributed by atoms with Crippen molar-refractivity contribution in [3.63, 3.8) is 0 Å². The van der Waals surface area contributed by atoms with Crippen molar-refractivity contribution in [2.75, 3.05) is 11.9 Å². The van der Waals surface area contributed by atoms with E-state index in [1.54, 1.807) is 0 Å². The molecule has 0 fully saturated rings. The summed E-state index contributed by atoms with van der Waals surface area (Å²) in [5, 5.41) is 0.741. The first-order valence-electron chi connectivity index (χ1n) is 6.16. The first kappa shape index (κ1) is 13.6. The highest BCUT2D eigenvalue weighted by atomic mass is 35.5. The number of benzene rings is 2. The van der Waals surface area contributed by atoms with Crippen molar-refractivity contribution in [2.45, 2.75) is 13.0 Å². The molecule has 0 N–H and O–H groups in total. The number of hydrogen-bond donors (Lipinski definition) is 0. The van der Waals surface area contributed by atoms with Crippen LogP contribution in [0.2, 0.25) is 5.02 Å². The van der Waals surface area contributed by atoms with Crippen molar-refractivity contribution in [2.24, 2.45) is 0 Å². The summed E-state index contributed by atoms with van der Waals surface area (Å²) < 4.78 is 0. The molecule has 0 radical (unpaired) electrons. The Hall–Kier alpha value is -1.80. The second-order valence-electron chi connectivity index (χ2n) is 4.49. The molecule has 1 unspecified atom stereocenters. The fourth-order valence-electron chi connectivity index (χ4n) is 2.14. The van der Waals surface area contributed by atoms with Crippen LogP contribution in [0.25, 0.3) is 0 Å². The maximum atomic E-state index is 11.1. The van der Waals surface area contributed by atoms with Crippen molar-refractivity contribution in [1.29, 1.82) is 0 Å². The van der Waals surface area contributed by atoms with Crippen molar-refractivity contribution in [3.05, 3.63) is 64.7 Å². The number of aldehydes is 1. The topological polar surface area (TPSA) is 20.3 Å². The Bertz CT molecular complexity index is 582. The Morgan fingerprint density at radius 3 is 2.42 bits per heavy atom. The Kier molecular flexibility index (Phi) is 4.23. The Balaban J connectivity index is 2.36. The minimum Gasteiger partial charge on any atom is -0.367 e. The van der Waals surface area contributed by atoms with Crippen LogP contribution < -0.4 is 4.90 Å². The summed E-state index contributed by atoms with van der Waals surface area (Å²) in [5.41, 5.74) is 2.64. The molecule has 0 amide bonds. The molecule has 1 atom stereocenters. The summed E-state index contributed by atoms with van der Waals surface area (Å²) in [4.78, 5) is 13.2. The predicted molar refractivity (Wildman–Crippen MR) is 80.1 cm³/mol. The second kappa shape index (κ2) is 5.89. The normalized spacial score (nSPS) is 11.9. The molecule has 0 aromatic heterocycles. The highest BCUT2D eigenvalue weighted by molar-refractivity contribution is 6.31. The van der Waals surface area contributed by atoms with Crippen molar-refractivity contribution >= 4 is 23.6 Å². The van der Waals surface area contributed by atoms with Gasteiger partial charge in [0.25, 0.3) is 0 Å². The molecule has 0 aliphatic carbocycles. The Labute approximate surface area is 118 Å². The zero-order valence-corrected chi connectivity index (χ0v) is 11.8. The van der Waals surface area contributed by atoms with Gasteiger partial charge in [0, 0.05) is 23.3 Å². The van der Waals surface area contributed by atoms with Crippen LogP contribution in [0.3, 0.4) is 0 Å². The third kappa shape index (κ3) is 2.79. The molecule has 98 valence electrons. The van der Waals surface area contributed by atoms with Gasteiger partial charge in [-0.05, 0) is 30.7 Å². The van der Waals surface area contributed by atoms with Crippen LogP contribution in [0.4, 0.5) is 5.69 Å². The predicted octanol–water partition coefficient (Wildman–Crippen LogP) is 4.35. The molecule has 0 aliphatic heterocycles. The van der Waals surface area contributed by atoms with E-state index in [2.05, 4.69) is 11.8 Å². The number of para-hydroxylation sites is 1. The van der Waals surface area contributed by atoms with E-state index in [0.717, 1.165) is 22.6 Å². The summed E-state index contributed by atoms with van der Waals surface area (Å²) >= 11 is 6.23. The zero-order chi connectivity index (χ0) is 13.8. The number of rotatable bonds is 4. The van der Waals surface area contributed by atoms with E-state index >= 15 is 0 Å². The average Bonchev–Trinajstić information content (AvgIpc) is 2.46. The zero-order valence-electron chi connectivity index (χ0n) is 11.0. The standard InChI is InChI=1S/C16H16ClNO/c1-12(14-8-4-5-9-15(14)17)18(2)16-10-6-3-7-13(16)11-19/h3-12H,1-2H3. The number of anilines is 1. The third-order valence-electron chi connectivity index (χ3n) is 3.38. The minimum absolute atomic E-state index is 0.0924. The Morgan fingerprint density at radius 1 is 1.11 bits per heavy atom. The largest absolute Gasteiger partial charge is 0.367 e. The van der Waals surface area contributed by atoms with Gasteiger partial charge in [0.2, 0.25) is 0 Å². The monoisotopic (exact) mass is 273 g/mol. The van der Waals surface area contributed by atoms with E-state index in [-0.39, 0.29) is 6.04 Å². The maximum absolute atomic E-state index is 11.1. The highest BCUT2D eigenvalue weighted by Gasteiger charge is 2.16. The molecule has 0 bridgehead atoms. The molecule has 2 rings (SSSR count). The fraction of sp³-hybridized carbons (Fsp3) is 0.188. The van der Waals surface area contributed by atoms with Gasteiger partial charge in [-0.2, -0.15) is 0 Å². The minimum atomic E-state index is 0.0924. The van der Waals surface area contributed by atoms with Crippen LogP contribution in [0.15, 0.2) is 48.5 Å². The molecule has 19 heavy (non-hydrogen) atoms. The molecule has 2 nitrogen and oxygen atoms in total. The smallest absolute Gasteiger partial charge is 0.152 e. The lowest BCUT2D eigenvalue weighted by atomic mass is 10.1. The van der Waals surface area contributed by atoms with E-state index in [4.69, 9.17) is 11.6 Å². The number of carbonyl (C=O) groups is 1. The van der Waals surface area contributed by atoms with Crippen molar-refractivity contribution < 1.29 is 4.79 Å². The van der Waals surface area contributed by atoms with Gasteiger partial charge in [-0.25, -0.2) is 0 Å². The molecule has 2 aromatic carbocycles. The summed E-state index contributed by atoms with van der Waals surface area (Å²) in [6, 6.07) is 15.4. The van der Waals surface area contributed by atoms with E-state index < -0.39 is 0 Å².